The van der Waals surface area contributed by atoms with Gasteiger partial charge in [-0.2, -0.15) is 27.8 Å². The van der Waals surface area contributed by atoms with Gasteiger partial charge in [-0.05, 0) is 25.7 Å². The molecule has 0 spiro atoms. The van der Waals surface area contributed by atoms with Crippen molar-refractivity contribution in [2.75, 3.05) is 11.9 Å². The second-order valence-electron chi connectivity index (χ2n) is 6.28. The molecule has 2 N–H and O–H groups in total. The fourth-order valence-corrected chi connectivity index (χ4v) is 2.05. The molecular formula is C14H20F3N5O. The van der Waals surface area contributed by atoms with Crippen LogP contribution in [0, 0.1) is 5.92 Å². The Morgan fingerprint density at radius 2 is 2.04 bits per heavy atom. The lowest BCUT2D eigenvalue weighted by atomic mass is 9.95. The number of fused-ring (bicyclic) bond motifs is 1. The highest BCUT2D eigenvalue weighted by Crippen LogP contribution is 2.29. The molecule has 0 aliphatic heterocycles. The number of rotatable bonds is 6. The van der Waals surface area contributed by atoms with Crippen molar-refractivity contribution in [1.82, 2.24) is 19.6 Å². The summed E-state index contributed by atoms with van der Waals surface area (Å²) < 4.78 is 39.8. The van der Waals surface area contributed by atoms with E-state index in [2.05, 4.69) is 20.4 Å². The van der Waals surface area contributed by atoms with Crippen molar-refractivity contribution < 1.29 is 18.3 Å². The largest absolute Gasteiger partial charge is 0.433 e. The van der Waals surface area contributed by atoms with Gasteiger partial charge in [-0.15, -0.1) is 0 Å². The van der Waals surface area contributed by atoms with E-state index < -0.39 is 17.5 Å². The minimum Gasteiger partial charge on any atom is -0.388 e. The van der Waals surface area contributed by atoms with Crippen LogP contribution in [0.15, 0.2) is 12.4 Å². The van der Waals surface area contributed by atoms with Crippen molar-refractivity contribution in [1.29, 1.82) is 0 Å². The van der Waals surface area contributed by atoms with Crippen molar-refractivity contribution in [2.24, 2.45) is 5.92 Å². The average molecular weight is 331 g/mol. The minimum absolute atomic E-state index is 0.0876. The second-order valence-corrected chi connectivity index (χ2v) is 6.28. The van der Waals surface area contributed by atoms with Crippen molar-refractivity contribution in [3.63, 3.8) is 0 Å². The van der Waals surface area contributed by atoms with Gasteiger partial charge in [0.1, 0.15) is 12.1 Å². The third kappa shape index (κ3) is 4.54. The molecule has 0 bridgehead atoms. The number of anilines is 1. The monoisotopic (exact) mass is 331 g/mol. The van der Waals surface area contributed by atoms with Crippen LogP contribution in [0.1, 0.15) is 39.3 Å². The maximum atomic E-state index is 12.9. The summed E-state index contributed by atoms with van der Waals surface area (Å²) in [5, 5.41) is 17.0. The number of nitrogens with zero attached hydrogens (tertiary/aromatic N) is 4. The van der Waals surface area contributed by atoms with Crippen LogP contribution in [0.25, 0.3) is 5.78 Å². The normalized spacial score (nSPS) is 15.1. The fraction of sp³-hybridized carbons (Fsp3) is 0.643. The van der Waals surface area contributed by atoms with Gasteiger partial charge >= 0.3 is 6.18 Å². The summed E-state index contributed by atoms with van der Waals surface area (Å²) in [5.41, 5.74) is -2.10. The van der Waals surface area contributed by atoms with E-state index in [-0.39, 0.29) is 18.1 Å². The molecule has 1 atom stereocenters. The first-order valence-electron chi connectivity index (χ1n) is 7.33. The van der Waals surface area contributed by atoms with Crippen LogP contribution in [-0.4, -0.2) is 36.8 Å². The van der Waals surface area contributed by atoms with Gasteiger partial charge in [0.05, 0.1) is 5.60 Å². The predicted octanol–water partition coefficient (Wildman–Crippen LogP) is 2.74. The lowest BCUT2D eigenvalue weighted by Crippen LogP contribution is -2.34. The first kappa shape index (κ1) is 17.5. The summed E-state index contributed by atoms with van der Waals surface area (Å²) >= 11 is 0. The maximum Gasteiger partial charge on any atom is 0.433 e. The Bertz CT molecular complexity index is 666. The van der Waals surface area contributed by atoms with E-state index in [1.807, 2.05) is 13.8 Å². The van der Waals surface area contributed by atoms with Crippen LogP contribution < -0.4 is 5.32 Å². The van der Waals surface area contributed by atoms with Crippen LogP contribution in [0.5, 0.6) is 0 Å². The number of alkyl halides is 3. The molecule has 2 aromatic rings. The van der Waals surface area contributed by atoms with Gasteiger partial charge in [-0.1, -0.05) is 13.8 Å². The molecule has 2 rings (SSSR count). The molecule has 0 amide bonds. The highest BCUT2D eigenvalue weighted by molar-refractivity contribution is 5.45. The Morgan fingerprint density at radius 3 is 2.65 bits per heavy atom. The number of aliphatic hydroxyl groups is 1. The van der Waals surface area contributed by atoms with Crippen LogP contribution in [0.2, 0.25) is 0 Å². The van der Waals surface area contributed by atoms with Crippen LogP contribution in [0.3, 0.4) is 0 Å². The Labute approximate surface area is 131 Å². The van der Waals surface area contributed by atoms with Crippen molar-refractivity contribution in [3.8, 4) is 0 Å². The van der Waals surface area contributed by atoms with Crippen LogP contribution >= 0.6 is 0 Å². The molecule has 128 valence electrons. The standard InChI is InChI=1S/C14H20F3N5O/c1-9(2)4-5-13(3,23)7-18-11-6-10(14(15,16)17)21-12-19-8-20-22(11)12/h6,8-9,18,23H,4-5,7H2,1-3H3/t13-/m1/s1. The summed E-state index contributed by atoms with van der Waals surface area (Å²) in [4.78, 5) is 7.13. The van der Waals surface area contributed by atoms with Crippen LogP contribution in [-0.2, 0) is 6.18 Å². The molecule has 23 heavy (non-hydrogen) atoms. The molecule has 0 aliphatic rings. The third-order valence-corrected chi connectivity index (χ3v) is 3.45. The third-order valence-electron chi connectivity index (χ3n) is 3.45. The van der Waals surface area contributed by atoms with Gasteiger partial charge in [-0.3, -0.25) is 0 Å². The molecule has 0 aromatic carbocycles. The Morgan fingerprint density at radius 1 is 1.35 bits per heavy atom. The van der Waals surface area contributed by atoms with Gasteiger partial charge in [0.15, 0.2) is 5.69 Å². The fourth-order valence-electron chi connectivity index (χ4n) is 2.05. The highest BCUT2D eigenvalue weighted by atomic mass is 19.4. The topological polar surface area (TPSA) is 75.3 Å². The number of nitrogens with one attached hydrogen (secondary N) is 1. The summed E-state index contributed by atoms with van der Waals surface area (Å²) in [5.74, 6) is 0.370. The molecule has 0 fully saturated rings. The first-order valence-corrected chi connectivity index (χ1v) is 7.33. The number of hydrogen-bond acceptors (Lipinski definition) is 5. The Kier molecular flexibility index (Phi) is 4.79. The molecule has 0 saturated carbocycles. The van der Waals surface area contributed by atoms with E-state index in [1.54, 1.807) is 6.92 Å². The van der Waals surface area contributed by atoms with E-state index in [1.165, 1.54) is 4.52 Å². The zero-order valence-electron chi connectivity index (χ0n) is 13.2. The highest BCUT2D eigenvalue weighted by Gasteiger charge is 2.34. The summed E-state index contributed by atoms with van der Waals surface area (Å²) in [6.45, 7) is 5.82. The van der Waals surface area contributed by atoms with Gasteiger partial charge < -0.3 is 10.4 Å². The van der Waals surface area contributed by atoms with Crippen LogP contribution in [0.4, 0.5) is 19.0 Å². The summed E-state index contributed by atoms with van der Waals surface area (Å²) in [6, 6.07) is 0.861. The SMILES string of the molecule is CC(C)CC[C@@](C)(O)CNc1cc(C(F)(F)F)nc2ncnn12. The molecule has 0 unspecified atom stereocenters. The van der Waals surface area contributed by atoms with E-state index in [0.717, 1.165) is 18.8 Å². The predicted molar refractivity (Wildman–Crippen MR) is 79.0 cm³/mol. The minimum atomic E-state index is -4.58. The van der Waals surface area contributed by atoms with E-state index >= 15 is 0 Å². The molecular weight excluding hydrogens is 311 g/mol. The van der Waals surface area contributed by atoms with Crippen molar-refractivity contribution >= 4 is 11.6 Å². The summed E-state index contributed by atoms with van der Waals surface area (Å²) in [7, 11) is 0. The molecule has 0 radical (unpaired) electrons. The van der Waals surface area contributed by atoms with E-state index in [4.69, 9.17) is 0 Å². The lowest BCUT2D eigenvalue weighted by molar-refractivity contribution is -0.141. The van der Waals surface area contributed by atoms with E-state index in [9.17, 15) is 18.3 Å². The van der Waals surface area contributed by atoms with Crippen molar-refractivity contribution in [3.05, 3.63) is 18.1 Å². The van der Waals surface area contributed by atoms with Crippen molar-refractivity contribution in [2.45, 2.75) is 45.4 Å². The van der Waals surface area contributed by atoms with Gasteiger partial charge in [0, 0.05) is 12.6 Å². The number of aromatic nitrogens is 4. The zero-order valence-corrected chi connectivity index (χ0v) is 13.2. The molecule has 0 aliphatic carbocycles. The van der Waals surface area contributed by atoms with Gasteiger partial charge in [0.25, 0.3) is 5.78 Å². The molecule has 2 heterocycles. The smallest absolute Gasteiger partial charge is 0.388 e. The maximum absolute atomic E-state index is 12.9. The Balaban J connectivity index is 2.20. The van der Waals surface area contributed by atoms with Gasteiger partial charge in [-0.25, -0.2) is 4.98 Å². The quantitative estimate of drug-likeness (QED) is 0.851. The number of halogens is 3. The first-order chi connectivity index (χ1) is 10.6. The second kappa shape index (κ2) is 6.31. The lowest BCUT2D eigenvalue weighted by Gasteiger charge is -2.25. The Hall–Kier alpha value is -1.90. The average Bonchev–Trinajstić information content (AvgIpc) is 2.90. The molecule has 6 nitrogen and oxygen atoms in total. The molecule has 2 aromatic heterocycles. The van der Waals surface area contributed by atoms with E-state index in [0.29, 0.717) is 12.3 Å². The van der Waals surface area contributed by atoms with Gasteiger partial charge in [0.2, 0.25) is 0 Å². The molecule has 0 saturated heterocycles. The number of hydrogen-bond donors (Lipinski definition) is 2. The summed E-state index contributed by atoms with van der Waals surface area (Å²) in [6.07, 6.45) is -2.10. The zero-order chi connectivity index (χ0) is 17.3. The molecule has 9 heteroatoms.